The second-order valence-electron chi connectivity index (χ2n) is 4.26. The first-order valence-electron chi connectivity index (χ1n) is 4.62. The molecule has 0 fully saturated rings. The van der Waals surface area contributed by atoms with Crippen LogP contribution in [0.2, 0.25) is 0 Å². The summed E-state index contributed by atoms with van der Waals surface area (Å²) in [6.45, 7) is 6.61. The van der Waals surface area contributed by atoms with E-state index >= 15 is 0 Å². The third-order valence-corrected chi connectivity index (χ3v) is 4.11. The van der Waals surface area contributed by atoms with E-state index in [0.29, 0.717) is 0 Å². The van der Waals surface area contributed by atoms with Crippen LogP contribution in [0.3, 0.4) is 0 Å². The van der Waals surface area contributed by atoms with Crippen molar-refractivity contribution in [2.24, 2.45) is 5.73 Å². The maximum atomic E-state index is 11.8. The minimum absolute atomic E-state index is 0.148. The van der Waals surface area contributed by atoms with Gasteiger partial charge in [0.05, 0.1) is 5.54 Å². The quantitative estimate of drug-likeness (QED) is 0.458. The summed E-state index contributed by atoms with van der Waals surface area (Å²) in [5.74, 6) is -0.219. The lowest BCUT2D eigenvalue weighted by molar-refractivity contribution is 0.393. The fraction of sp³-hybridized carbons (Fsp3) is 0.875. The number of rotatable bonds is 5. The van der Waals surface area contributed by atoms with E-state index in [4.69, 9.17) is 11.1 Å². The van der Waals surface area contributed by atoms with Gasteiger partial charge in [-0.1, -0.05) is 0 Å². The van der Waals surface area contributed by atoms with Crippen LogP contribution in [0.1, 0.15) is 27.7 Å². The Hall–Kier alpha value is -0.660. The lowest BCUT2D eigenvalue weighted by Gasteiger charge is -2.29. The van der Waals surface area contributed by atoms with Crippen LogP contribution in [-0.2, 0) is 10.2 Å². The molecule has 0 aliphatic carbocycles. The van der Waals surface area contributed by atoms with E-state index in [1.807, 2.05) is 0 Å². The lowest BCUT2D eigenvalue weighted by Crippen LogP contribution is -2.56. The first-order chi connectivity index (χ1) is 6.50. The third-order valence-electron chi connectivity index (χ3n) is 2.16. The molecule has 7 heteroatoms. The van der Waals surface area contributed by atoms with Gasteiger partial charge in [-0.05, 0) is 27.7 Å². The van der Waals surface area contributed by atoms with Crippen molar-refractivity contribution < 1.29 is 8.42 Å². The molecule has 0 rings (SSSR count). The summed E-state index contributed by atoms with van der Waals surface area (Å²) >= 11 is 0. The Morgan fingerprint density at radius 3 is 2.13 bits per heavy atom. The largest absolute Gasteiger partial charge is 0.386 e. The van der Waals surface area contributed by atoms with Crippen molar-refractivity contribution in [3.8, 4) is 0 Å². The highest BCUT2D eigenvalue weighted by atomic mass is 32.2. The second kappa shape index (κ2) is 4.46. The molecule has 0 radical (unpaired) electrons. The van der Waals surface area contributed by atoms with Gasteiger partial charge in [0.15, 0.2) is 0 Å². The molecule has 0 unspecified atom stereocenters. The number of nitrogens with zero attached hydrogens (tertiary/aromatic N) is 1. The van der Waals surface area contributed by atoms with E-state index < -0.39 is 15.7 Å². The van der Waals surface area contributed by atoms with Gasteiger partial charge in [-0.15, -0.1) is 0 Å². The Bertz CT molecular complexity index is 335. The Morgan fingerprint density at radius 1 is 1.47 bits per heavy atom. The summed E-state index contributed by atoms with van der Waals surface area (Å²) in [7, 11) is -2.12. The van der Waals surface area contributed by atoms with Gasteiger partial charge >= 0.3 is 0 Å². The smallest absolute Gasteiger partial charge is 0.280 e. The highest BCUT2D eigenvalue weighted by molar-refractivity contribution is 7.87. The van der Waals surface area contributed by atoms with E-state index in [9.17, 15) is 8.42 Å². The molecule has 6 nitrogen and oxygen atoms in total. The Balaban J connectivity index is 4.89. The molecule has 0 heterocycles. The molecule has 0 aliphatic heterocycles. The second-order valence-corrected chi connectivity index (χ2v) is 5.99. The molecule has 4 N–H and O–H groups in total. The van der Waals surface area contributed by atoms with Crippen LogP contribution in [0.15, 0.2) is 0 Å². The Kier molecular flexibility index (Phi) is 4.26. The fourth-order valence-electron chi connectivity index (χ4n) is 0.727. The number of amidine groups is 1. The van der Waals surface area contributed by atoms with Crippen LogP contribution in [-0.4, -0.2) is 37.2 Å². The number of hydrogen-bond donors (Lipinski definition) is 3. The molecular weight excluding hydrogens is 216 g/mol. The molecule has 0 bridgehead atoms. The van der Waals surface area contributed by atoms with Crippen molar-refractivity contribution in [2.45, 2.75) is 39.3 Å². The van der Waals surface area contributed by atoms with Gasteiger partial charge in [-0.25, -0.2) is 0 Å². The van der Waals surface area contributed by atoms with Crippen LogP contribution in [0.5, 0.6) is 0 Å². The van der Waals surface area contributed by atoms with Crippen molar-refractivity contribution >= 4 is 16.0 Å². The standard InChI is InChI=1S/C8H20N4O2S/c1-6(2)12(5)15(13,14)11-8(3,4)7(9)10/h6,11H,1-5H3,(H3,9,10). The normalized spacial score (nSPS) is 13.5. The van der Waals surface area contributed by atoms with Crippen LogP contribution < -0.4 is 10.5 Å². The topological polar surface area (TPSA) is 99.3 Å². The highest BCUT2D eigenvalue weighted by Crippen LogP contribution is 2.08. The van der Waals surface area contributed by atoms with Gasteiger partial charge in [0.25, 0.3) is 10.2 Å². The van der Waals surface area contributed by atoms with E-state index in [1.165, 1.54) is 11.4 Å². The van der Waals surface area contributed by atoms with Gasteiger partial charge in [-0.3, -0.25) is 5.41 Å². The van der Waals surface area contributed by atoms with E-state index in [0.717, 1.165) is 0 Å². The summed E-state index contributed by atoms with van der Waals surface area (Å²) in [4.78, 5) is 0. The summed E-state index contributed by atoms with van der Waals surface area (Å²) in [6, 6.07) is -0.148. The molecular formula is C8H20N4O2S. The molecule has 15 heavy (non-hydrogen) atoms. The minimum Gasteiger partial charge on any atom is -0.386 e. The lowest BCUT2D eigenvalue weighted by atomic mass is 10.1. The molecule has 0 amide bonds. The minimum atomic E-state index is -3.60. The molecule has 0 aromatic rings. The van der Waals surface area contributed by atoms with Crippen LogP contribution in [0, 0.1) is 5.41 Å². The van der Waals surface area contributed by atoms with Gasteiger partial charge < -0.3 is 5.73 Å². The predicted octanol–water partition coefficient (Wildman–Crippen LogP) is -0.124. The van der Waals surface area contributed by atoms with Crippen molar-refractivity contribution in [3.05, 3.63) is 0 Å². The average Bonchev–Trinajstić information content (AvgIpc) is 2.00. The zero-order valence-corrected chi connectivity index (χ0v) is 10.6. The first kappa shape index (κ1) is 14.3. The van der Waals surface area contributed by atoms with Crippen LogP contribution in [0.4, 0.5) is 0 Å². The summed E-state index contributed by atoms with van der Waals surface area (Å²) in [5, 5.41) is 7.26. The van der Waals surface area contributed by atoms with Crippen molar-refractivity contribution in [3.63, 3.8) is 0 Å². The molecule has 0 spiro atoms. The van der Waals surface area contributed by atoms with Crippen molar-refractivity contribution in [1.29, 1.82) is 5.41 Å². The number of nitrogens with one attached hydrogen (secondary N) is 2. The van der Waals surface area contributed by atoms with E-state index in [1.54, 1.807) is 27.7 Å². The van der Waals surface area contributed by atoms with E-state index in [2.05, 4.69) is 4.72 Å². The maximum Gasteiger partial charge on any atom is 0.280 e. The maximum absolute atomic E-state index is 11.8. The highest BCUT2D eigenvalue weighted by Gasteiger charge is 2.31. The van der Waals surface area contributed by atoms with Crippen LogP contribution >= 0.6 is 0 Å². The monoisotopic (exact) mass is 236 g/mol. The van der Waals surface area contributed by atoms with Crippen molar-refractivity contribution in [2.75, 3.05) is 7.05 Å². The molecule has 0 aromatic heterocycles. The van der Waals surface area contributed by atoms with Crippen molar-refractivity contribution in [1.82, 2.24) is 9.03 Å². The van der Waals surface area contributed by atoms with Gasteiger partial charge in [-0.2, -0.15) is 17.4 Å². The zero-order valence-electron chi connectivity index (χ0n) is 9.83. The molecule has 90 valence electrons. The zero-order chi connectivity index (χ0) is 12.4. The third kappa shape index (κ3) is 3.77. The molecule has 0 aromatic carbocycles. The molecule has 0 saturated carbocycles. The number of hydrogen-bond acceptors (Lipinski definition) is 3. The van der Waals surface area contributed by atoms with Crippen LogP contribution in [0.25, 0.3) is 0 Å². The van der Waals surface area contributed by atoms with Gasteiger partial charge in [0.2, 0.25) is 0 Å². The molecule has 0 saturated heterocycles. The van der Waals surface area contributed by atoms with E-state index in [-0.39, 0.29) is 11.9 Å². The fourth-order valence-corrected chi connectivity index (χ4v) is 2.18. The molecule has 0 aliphatic rings. The SMILES string of the molecule is CC(C)N(C)S(=O)(=O)NC(C)(C)C(=N)N. The Labute approximate surface area is 91.5 Å². The first-order valence-corrected chi connectivity index (χ1v) is 6.06. The Morgan fingerprint density at radius 2 is 1.87 bits per heavy atom. The summed E-state index contributed by atoms with van der Waals surface area (Å²) in [6.07, 6.45) is 0. The molecule has 0 atom stereocenters. The predicted molar refractivity (Wildman–Crippen MR) is 60.9 cm³/mol. The average molecular weight is 236 g/mol. The van der Waals surface area contributed by atoms with Gasteiger partial charge in [0.1, 0.15) is 5.84 Å². The summed E-state index contributed by atoms with van der Waals surface area (Å²) in [5.41, 5.74) is 4.22. The summed E-state index contributed by atoms with van der Waals surface area (Å²) < 4.78 is 27.1. The van der Waals surface area contributed by atoms with Gasteiger partial charge in [0, 0.05) is 13.1 Å². The number of nitrogens with two attached hydrogens (primary N) is 1.